The van der Waals surface area contributed by atoms with Crippen LogP contribution < -0.4 is 0 Å². The van der Waals surface area contributed by atoms with E-state index in [9.17, 15) is 40.9 Å². The fraction of sp³-hybridized carbons (Fsp3) is 0.739. The lowest BCUT2D eigenvalue weighted by atomic mass is 9.77. The second kappa shape index (κ2) is 10.4. The number of benzene rings is 1. The lowest BCUT2D eigenvalue weighted by Crippen LogP contribution is -2.75. The fourth-order valence-electron chi connectivity index (χ4n) is 4.48. The Morgan fingerprint density at radius 3 is 2.21 bits per heavy atom. The van der Waals surface area contributed by atoms with E-state index in [0.29, 0.717) is 5.56 Å². The first-order valence-electron chi connectivity index (χ1n) is 11.2. The van der Waals surface area contributed by atoms with E-state index in [4.69, 9.17) is 14.2 Å². The molecule has 0 amide bonds. The smallest absolute Gasteiger partial charge is 0.192 e. The van der Waals surface area contributed by atoms with Gasteiger partial charge in [0.2, 0.25) is 0 Å². The van der Waals surface area contributed by atoms with Crippen LogP contribution in [0.1, 0.15) is 32.4 Å². The normalized spacial score (nSPS) is 41.1. The summed E-state index contributed by atoms with van der Waals surface area (Å²) in [7, 11) is 0. The first-order chi connectivity index (χ1) is 15.8. The minimum Gasteiger partial charge on any atom is -0.394 e. The summed E-state index contributed by atoms with van der Waals surface area (Å²) in [4.78, 5) is 0. The summed E-state index contributed by atoms with van der Waals surface area (Å²) in [5.74, 6) is 0. The van der Waals surface area contributed by atoms with Gasteiger partial charge in [0.25, 0.3) is 0 Å². The summed E-state index contributed by atoms with van der Waals surface area (Å²) in [5.41, 5.74) is -2.64. The molecule has 0 bridgehead atoms. The van der Waals surface area contributed by atoms with Crippen LogP contribution in [-0.2, 0) is 14.2 Å². The maximum absolute atomic E-state index is 11.6. The van der Waals surface area contributed by atoms with E-state index in [-0.39, 0.29) is 0 Å². The van der Waals surface area contributed by atoms with Gasteiger partial charge in [-0.15, -0.1) is 0 Å². The van der Waals surface area contributed by atoms with E-state index in [1.165, 1.54) is 0 Å². The molecule has 2 heterocycles. The van der Waals surface area contributed by atoms with E-state index in [0.717, 1.165) is 0 Å². The van der Waals surface area contributed by atoms with Crippen LogP contribution in [-0.4, -0.2) is 115 Å². The predicted molar refractivity (Wildman–Crippen MR) is 116 cm³/mol. The standard InChI is InChI=1S/C23H36O11/c1-22(2,3)20(11-7-5-4-6-8-11)34-21-23(31,18(29)15(27)13(9-24)33-21)19(30)17-16(28)14(26)12(25)10-32-17/h4-8,12-21,24-31H,9-10H2,1-3H3/t12-,13+,14+,15+,16-,17-,18-,19?,20?,21+,23-/m0/s1. The summed E-state index contributed by atoms with van der Waals surface area (Å²) in [6, 6.07) is 8.95. The molecule has 1 aromatic rings. The third kappa shape index (κ3) is 5.01. The third-order valence-corrected chi connectivity index (χ3v) is 6.51. The van der Waals surface area contributed by atoms with E-state index in [1.54, 1.807) is 24.3 Å². The molecule has 0 radical (unpaired) electrons. The zero-order valence-corrected chi connectivity index (χ0v) is 19.4. The van der Waals surface area contributed by atoms with Crippen molar-refractivity contribution in [2.45, 2.75) is 87.6 Å². The highest BCUT2D eigenvalue weighted by Crippen LogP contribution is 2.43. The van der Waals surface area contributed by atoms with Gasteiger partial charge in [0, 0.05) is 0 Å². The quantitative estimate of drug-likeness (QED) is 0.217. The van der Waals surface area contributed by atoms with Crippen LogP contribution in [0, 0.1) is 5.41 Å². The maximum atomic E-state index is 11.6. The van der Waals surface area contributed by atoms with Crippen LogP contribution in [0.4, 0.5) is 0 Å². The molecule has 1 aromatic carbocycles. The van der Waals surface area contributed by atoms with E-state index >= 15 is 0 Å². The molecule has 2 saturated heterocycles. The van der Waals surface area contributed by atoms with E-state index < -0.39 is 85.5 Å². The molecule has 8 N–H and O–H groups in total. The molecule has 11 atom stereocenters. The molecule has 2 aliphatic heterocycles. The molecule has 2 fully saturated rings. The van der Waals surface area contributed by atoms with Crippen LogP contribution in [0.15, 0.2) is 30.3 Å². The zero-order chi connectivity index (χ0) is 25.4. The van der Waals surface area contributed by atoms with Crippen molar-refractivity contribution in [2.24, 2.45) is 5.41 Å². The number of aliphatic hydroxyl groups excluding tert-OH is 7. The molecule has 0 spiro atoms. The van der Waals surface area contributed by atoms with Crippen LogP contribution in [0.25, 0.3) is 0 Å². The predicted octanol–water partition coefficient (Wildman–Crippen LogP) is -2.20. The van der Waals surface area contributed by atoms with Gasteiger partial charge in [-0.05, 0) is 11.0 Å². The van der Waals surface area contributed by atoms with Gasteiger partial charge in [-0.1, -0.05) is 51.1 Å². The molecule has 0 aromatic heterocycles. The maximum Gasteiger partial charge on any atom is 0.192 e. The number of hydrogen-bond donors (Lipinski definition) is 8. The van der Waals surface area contributed by atoms with Gasteiger partial charge in [-0.3, -0.25) is 0 Å². The van der Waals surface area contributed by atoms with Crippen LogP contribution >= 0.6 is 0 Å². The lowest BCUT2D eigenvalue weighted by Gasteiger charge is -2.53. The van der Waals surface area contributed by atoms with Crippen molar-refractivity contribution in [3.05, 3.63) is 35.9 Å². The Bertz CT molecular complexity index is 787. The average molecular weight is 489 g/mol. The number of aliphatic hydroxyl groups is 8. The van der Waals surface area contributed by atoms with E-state index in [1.807, 2.05) is 26.8 Å². The number of ether oxygens (including phenoxy) is 3. The summed E-state index contributed by atoms with van der Waals surface area (Å²) in [5, 5.41) is 83.8. The first-order valence-corrected chi connectivity index (χ1v) is 11.2. The van der Waals surface area contributed by atoms with Gasteiger partial charge in [-0.25, -0.2) is 0 Å². The largest absolute Gasteiger partial charge is 0.394 e. The van der Waals surface area contributed by atoms with Gasteiger partial charge in [0.05, 0.1) is 19.3 Å². The van der Waals surface area contributed by atoms with Gasteiger partial charge in [0.1, 0.15) is 48.8 Å². The second-order valence-electron chi connectivity index (χ2n) is 10.1. The Labute approximate surface area is 197 Å². The molecule has 11 nitrogen and oxygen atoms in total. The average Bonchev–Trinajstić information content (AvgIpc) is 2.80. The van der Waals surface area contributed by atoms with Crippen molar-refractivity contribution >= 4 is 0 Å². The van der Waals surface area contributed by atoms with Crippen LogP contribution in [0.5, 0.6) is 0 Å². The Morgan fingerprint density at radius 2 is 1.65 bits per heavy atom. The third-order valence-electron chi connectivity index (χ3n) is 6.51. The van der Waals surface area contributed by atoms with Crippen molar-refractivity contribution < 1.29 is 55.1 Å². The minimum atomic E-state index is -2.77. The van der Waals surface area contributed by atoms with Crippen molar-refractivity contribution in [2.75, 3.05) is 13.2 Å². The second-order valence-corrected chi connectivity index (χ2v) is 10.1. The molecule has 3 rings (SSSR count). The van der Waals surface area contributed by atoms with Gasteiger partial charge < -0.3 is 55.1 Å². The molecule has 0 aliphatic carbocycles. The zero-order valence-electron chi connectivity index (χ0n) is 19.4. The summed E-state index contributed by atoms with van der Waals surface area (Å²) in [6.07, 6.45) is -16.6. The molecule has 2 unspecified atom stereocenters. The van der Waals surface area contributed by atoms with E-state index in [2.05, 4.69) is 0 Å². The highest BCUT2D eigenvalue weighted by Gasteiger charge is 2.63. The SMILES string of the molecule is CC(C)(C)C(O[C@H]1O[C@H](CO)[C@@H](O)[C@H](O)[C@]1(O)C(O)[C@H]1OC[C@H](O)[C@@H](O)[C@@H]1O)c1ccccc1. The summed E-state index contributed by atoms with van der Waals surface area (Å²) >= 11 is 0. The molecule has 2 aliphatic rings. The van der Waals surface area contributed by atoms with Crippen molar-refractivity contribution in [3.63, 3.8) is 0 Å². The Balaban J connectivity index is 2.01. The lowest BCUT2D eigenvalue weighted by molar-refractivity contribution is -0.384. The van der Waals surface area contributed by atoms with Crippen molar-refractivity contribution in [1.29, 1.82) is 0 Å². The molecule has 0 saturated carbocycles. The Hall–Kier alpha value is -1.22. The topological polar surface area (TPSA) is 190 Å². The van der Waals surface area contributed by atoms with Crippen molar-refractivity contribution in [1.82, 2.24) is 0 Å². The van der Waals surface area contributed by atoms with Crippen molar-refractivity contribution in [3.8, 4) is 0 Å². The summed E-state index contributed by atoms with van der Waals surface area (Å²) < 4.78 is 17.0. The number of rotatable bonds is 6. The molecular weight excluding hydrogens is 452 g/mol. The molecule has 194 valence electrons. The molecular formula is C23H36O11. The number of hydrogen-bond acceptors (Lipinski definition) is 11. The molecule has 34 heavy (non-hydrogen) atoms. The van der Waals surface area contributed by atoms with Crippen LogP contribution in [0.2, 0.25) is 0 Å². The highest BCUT2D eigenvalue weighted by molar-refractivity contribution is 5.20. The van der Waals surface area contributed by atoms with Gasteiger partial charge in [-0.2, -0.15) is 0 Å². The van der Waals surface area contributed by atoms with Gasteiger partial charge >= 0.3 is 0 Å². The Morgan fingerprint density at radius 1 is 1.03 bits per heavy atom. The fourth-order valence-corrected chi connectivity index (χ4v) is 4.48. The molecule has 11 heteroatoms. The Kier molecular flexibility index (Phi) is 8.38. The summed E-state index contributed by atoms with van der Waals surface area (Å²) in [6.45, 7) is 4.41. The van der Waals surface area contributed by atoms with Gasteiger partial charge in [0.15, 0.2) is 11.9 Å². The monoisotopic (exact) mass is 488 g/mol. The van der Waals surface area contributed by atoms with Crippen LogP contribution in [0.3, 0.4) is 0 Å². The minimum absolute atomic E-state index is 0.463. The first kappa shape index (κ1) is 27.4. The highest BCUT2D eigenvalue weighted by atomic mass is 16.7.